The van der Waals surface area contributed by atoms with Crippen molar-refractivity contribution in [2.75, 3.05) is 39.3 Å². The maximum absolute atomic E-state index is 13.1. The molecule has 1 atom stereocenters. The highest BCUT2D eigenvalue weighted by molar-refractivity contribution is 5.27. The Morgan fingerprint density at radius 1 is 0.848 bits per heavy atom. The monoisotopic (exact) mass is 459 g/mol. The largest absolute Gasteiger partial charge is 0.416 e. The molecule has 0 aromatic heterocycles. The molecule has 1 saturated carbocycles. The van der Waals surface area contributed by atoms with Crippen molar-refractivity contribution in [2.45, 2.75) is 56.8 Å². The van der Waals surface area contributed by atoms with Gasteiger partial charge in [-0.05, 0) is 49.1 Å². The average Bonchev–Trinajstić information content (AvgIpc) is 2.85. The second kappa shape index (κ2) is 11.5. The van der Waals surface area contributed by atoms with Crippen LogP contribution in [0, 0.1) is 0 Å². The van der Waals surface area contributed by atoms with Crippen LogP contribution < -0.4 is 5.32 Å². The number of hydrogen-bond donors (Lipinski definition) is 1. The fourth-order valence-electron chi connectivity index (χ4n) is 5.33. The van der Waals surface area contributed by atoms with E-state index in [0.29, 0.717) is 0 Å². The number of alkyl halides is 3. The first-order chi connectivity index (χ1) is 16.0. The normalized spacial score (nSPS) is 20.1. The van der Waals surface area contributed by atoms with Gasteiger partial charge in [-0.3, -0.25) is 9.80 Å². The summed E-state index contributed by atoms with van der Waals surface area (Å²) < 4.78 is 39.2. The molecule has 0 bridgehead atoms. The quantitative estimate of drug-likeness (QED) is 0.524. The van der Waals surface area contributed by atoms with Crippen molar-refractivity contribution in [1.29, 1.82) is 0 Å². The first kappa shape index (κ1) is 24.2. The number of hydrogen-bond acceptors (Lipinski definition) is 3. The molecular weight excluding hydrogens is 423 g/mol. The van der Waals surface area contributed by atoms with E-state index in [4.69, 9.17) is 0 Å². The zero-order chi connectivity index (χ0) is 23.1. The van der Waals surface area contributed by atoms with E-state index < -0.39 is 11.7 Å². The fraction of sp³-hybridized carbons (Fsp3) is 0.556. The first-order valence-electron chi connectivity index (χ1n) is 12.4. The lowest BCUT2D eigenvalue weighted by molar-refractivity contribution is -0.137. The second-order valence-electron chi connectivity index (χ2n) is 9.44. The van der Waals surface area contributed by atoms with Crippen LogP contribution in [-0.4, -0.2) is 55.1 Å². The smallest absolute Gasteiger partial charge is 0.314 e. The Bertz CT molecular complexity index is 824. The van der Waals surface area contributed by atoms with Gasteiger partial charge in [0, 0.05) is 44.8 Å². The lowest BCUT2D eigenvalue weighted by Gasteiger charge is -2.43. The minimum Gasteiger partial charge on any atom is -0.314 e. The van der Waals surface area contributed by atoms with Crippen molar-refractivity contribution in [2.24, 2.45) is 0 Å². The van der Waals surface area contributed by atoms with Crippen LogP contribution >= 0.6 is 0 Å². The Balaban J connectivity index is 1.38. The molecule has 6 heteroatoms. The molecule has 1 aliphatic carbocycles. The van der Waals surface area contributed by atoms with Gasteiger partial charge in [0.15, 0.2) is 0 Å². The van der Waals surface area contributed by atoms with Crippen molar-refractivity contribution in [3.63, 3.8) is 0 Å². The first-order valence-corrected chi connectivity index (χ1v) is 12.4. The highest BCUT2D eigenvalue weighted by Crippen LogP contribution is 2.31. The van der Waals surface area contributed by atoms with Gasteiger partial charge >= 0.3 is 6.18 Å². The molecule has 3 nitrogen and oxygen atoms in total. The van der Waals surface area contributed by atoms with Crippen molar-refractivity contribution in [3.8, 4) is 0 Å². The SMILES string of the molecule is FC(F)(F)c1ccc(C(CNCCc2ccccc2)N2CCN(C3CCCCC3)CC2)cc1. The highest BCUT2D eigenvalue weighted by atomic mass is 19.4. The van der Waals surface area contributed by atoms with Crippen molar-refractivity contribution in [1.82, 2.24) is 15.1 Å². The maximum Gasteiger partial charge on any atom is 0.416 e. The Hall–Kier alpha value is -1.89. The summed E-state index contributed by atoms with van der Waals surface area (Å²) in [6, 6.07) is 16.9. The number of rotatable bonds is 8. The highest BCUT2D eigenvalue weighted by Gasteiger charge is 2.32. The third-order valence-corrected chi connectivity index (χ3v) is 7.27. The average molecular weight is 460 g/mol. The van der Waals surface area contributed by atoms with E-state index in [0.717, 1.165) is 57.3 Å². The number of piperazine rings is 1. The molecule has 1 aliphatic heterocycles. The second-order valence-corrected chi connectivity index (χ2v) is 9.44. The predicted molar refractivity (Wildman–Crippen MR) is 127 cm³/mol. The summed E-state index contributed by atoms with van der Waals surface area (Å²) in [6.07, 6.45) is 3.30. The van der Waals surface area contributed by atoms with E-state index in [1.54, 1.807) is 12.1 Å². The van der Waals surface area contributed by atoms with Crippen molar-refractivity contribution in [3.05, 3.63) is 71.3 Å². The molecule has 4 rings (SSSR count). The van der Waals surface area contributed by atoms with Crippen molar-refractivity contribution >= 4 is 0 Å². The maximum atomic E-state index is 13.1. The van der Waals surface area contributed by atoms with Crippen molar-refractivity contribution < 1.29 is 13.2 Å². The van der Waals surface area contributed by atoms with E-state index in [2.05, 4.69) is 27.2 Å². The van der Waals surface area contributed by atoms with Gasteiger partial charge in [0.25, 0.3) is 0 Å². The predicted octanol–water partition coefficient (Wildman–Crippen LogP) is 5.53. The van der Waals surface area contributed by atoms with Gasteiger partial charge in [0.1, 0.15) is 0 Å². The number of nitrogens with zero attached hydrogens (tertiary/aromatic N) is 2. The molecular formula is C27H36F3N3. The third-order valence-electron chi connectivity index (χ3n) is 7.27. The van der Waals surface area contributed by atoms with Crippen LogP contribution in [0.1, 0.15) is 54.8 Å². The van der Waals surface area contributed by atoms with E-state index in [1.165, 1.54) is 49.8 Å². The number of nitrogens with one attached hydrogen (secondary N) is 1. The Morgan fingerprint density at radius 3 is 2.15 bits per heavy atom. The Labute approximate surface area is 196 Å². The molecule has 1 saturated heterocycles. The van der Waals surface area contributed by atoms with Gasteiger partial charge < -0.3 is 5.32 Å². The van der Waals surface area contributed by atoms with Gasteiger partial charge in [-0.1, -0.05) is 61.7 Å². The summed E-state index contributed by atoms with van der Waals surface area (Å²) in [5.41, 5.74) is 1.67. The zero-order valence-electron chi connectivity index (χ0n) is 19.4. The van der Waals surface area contributed by atoms with Crippen LogP contribution in [0.2, 0.25) is 0 Å². The molecule has 2 aromatic rings. The number of benzene rings is 2. The van der Waals surface area contributed by atoms with Gasteiger partial charge in [0.05, 0.1) is 5.56 Å². The summed E-state index contributed by atoms with van der Waals surface area (Å²) in [6.45, 7) is 5.60. The molecule has 0 radical (unpaired) electrons. The fourth-order valence-corrected chi connectivity index (χ4v) is 5.33. The Kier molecular flexibility index (Phi) is 8.45. The molecule has 33 heavy (non-hydrogen) atoms. The summed E-state index contributed by atoms with van der Waals surface area (Å²) in [7, 11) is 0. The van der Waals surface area contributed by atoms with Gasteiger partial charge in [-0.25, -0.2) is 0 Å². The van der Waals surface area contributed by atoms with Crippen LogP contribution in [-0.2, 0) is 12.6 Å². The van der Waals surface area contributed by atoms with E-state index in [-0.39, 0.29) is 6.04 Å². The minimum absolute atomic E-state index is 0.0802. The van der Waals surface area contributed by atoms with Crippen LogP contribution in [0.5, 0.6) is 0 Å². The third kappa shape index (κ3) is 6.81. The van der Waals surface area contributed by atoms with Gasteiger partial charge in [-0.2, -0.15) is 13.2 Å². The lowest BCUT2D eigenvalue weighted by Crippen LogP contribution is -2.52. The molecule has 2 aromatic carbocycles. The van der Waals surface area contributed by atoms with Gasteiger partial charge in [-0.15, -0.1) is 0 Å². The molecule has 2 aliphatic rings. The summed E-state index contributed by atoms with van der Waals surface area (Å²) >= 11 is 0. The van der Waals surface area contributed by atoms with E-state index in [1.807, 2.05) is 18.2 Å². The van der Waals surface area contributed by atoms with Crippen LogP contribution in [0.4, 0.5) is 13.2 Å². The summed E-state index contributed by atoms with van der Waals surface area (Å²) in [5, 5.41) is 3.57. The van der Waals surface area contributed by atoms with Crippen LogP contribution in [0.3, 0.4) is 0 Å². The summed E-state index contributed by atoms with van der Waals surface area (Å²) in [4.78, 5) is 5.10. The molecule has 0 amide bonds. The molecule has 180 valence electrons. The molecule has 1 heterocycles. The number of halogens is 3. The minimum atomic E-state index is -4.30. The van der Waals surface area contributed by atoms with E-state index >= 15 is 0 Å². The topological polar surface area (TPSA) is 18.5 Å². The molecule has 0 spiro atoms. The zero-order valence-corrected chi connectivity index (χ0v) is 19.4. The Morgan fingerprint density at radius 2 is 1.52 bits per heavy atom. The van der Waals surface area contributed by atoms with Crippen LogP contribution in [0.15, 0.2) is 54.6 Å². The molecule has 1 N–H and O–H groups in total. The lowest BCUT2D eigenvalue weighted by atomic mass is 9.93. The van der Waals surface area contributed by atoms with E-state index in [9.17, 15) is 13.2 Å². The summed E-state index contributed by atoms with van der Waals surface area (Å²) in [5.74, 6) is 0. The molecule has 1 unspecified atom stereocenters. The van der Waals surface area contributed by atoms with Gasteiger partial charge in [0.2, 0.25) is 0 Å². The standard InChI is InChI=1S/C27H36F3N3/c28-27(29,30)24-13-11-23(12-14-24)26(21-31-16-15-22-7-3-1-4-8-22)33-19-17-32(18-20-33)25-9-5-2-6-10-25/h1,3-4,7-8,11-14,25-26,31H,2,5-6,9-10,15-21H2. The molecule has 2 fully saturated rings. The van der Waals surface area contributed by atoms with Crippen LogP contribution in [0.25, 0.3) is 0 Å².